The summed E-state index contributed by atoms with van der Waals surface area (Å²) in [5.41, 5.74) is 1.66. The van der Waals surface area contributed by atoms with Crippen molar-refractivity contribution in [2.45, 2.75) is 25.6 Å². The first-order chi connectivity index (χ1) is 10.7. The molecule has 2 N–H and O–H groups in total. The second kappa shape index (κ2) is 8.32. The number of benzene rings is 2. The summed E-state index contributed by atoms with van der Waals surface area (Å²) in [6.07, 6.45) is -0.356. The number of ether oxygens (including phenoxy) is 1. The summed E-state index contributed by atoms with van der Waals surface area (Å²) in [6, 6.07) is 16.8. The summed E-state index contributed by atoms with van der Waals surface area (Å²) in [6.45, 7) is 0.163. The predicted octanol–water partition coefficient (Wildman–Crippen LogP) is 2.58. The van der Waals surface area contributed by atoms with Crippen molar-refractivity contribution in [1.82, 2.24) is 0 Å². The molecule has 0 fully saturated rings. The molecule has 0 aliphatic carbocycles. The molecule has 0 bridgehead atoms. The molecule has 4 heteroatoms. The molecule has 0 saturated carbocycles. The van der Waals surface area contributed by atoms with Crippen LogP contribution in [0.25, 0.3) is 0 Å². The first-order valence-corrected chi connectivity index (χ1v) is 7.28. The quantitative estimate of drug-likeness (QED) is 0.735. The first-order valence-electron chi connectivity index (χ1n) is 7.28. The molecule has 0 aromatic heterocycles. The number of carbonyl (C=O) groups is 1. The molecule has 116 valence electrons. The summed E-state index contributed by atoms with van der Waals surface area (Å²) in [7, 11) is 0. The minimum Gasteiger partial charge on any atom is -0.489 e. The fourth-order valence-electron chi connectivity index (χ4n) is 2.01. The third-order valence-corrected chi connectivity index (χ3v) is 3.34. The normalized spacial score (nSPS) is 11.9. The summed E-state index contributed by atoms with van der Waals surface area (Å²) in [4.78, 5) is 11.9. The van der Waals surface area contributed by atoms with Gasteiger partial charge >= 0.3 is 0 Å². The number of hydrogen-bond donors (Lipinski definition) is 2. The molecule has 0 spiro atoms. The van der Waals surface area contributed by atoms with E-state index in [0.29, 0.717) is 17.9 Å². The Hall–Kier alpha value is -2.17. The Morgan fingerprint density at radius 2 is 1.73 bits per heavy atom. The highest BCUT2D eigenvalue weighted by Crippen LogP contribution is 2.16. The van der Waals surface area contributed by atoms with E-state index in [2.05, 4.69) is 0 Å². The van der Waals surface area contributed by atoms with Gasteiger partial charge in [0.1, 0.15) is 12.4 Å². The molecule has 0 heterocycles. The molecule has 2 rings (SSSR count). The van der Waals surface area contributed by atoms with E-state index in [1.54, 1.807) is 24.3 Å². The molecule has 0 saturated heterocycles. The third-order valence-electron chi connectivity index (χ3n) is 3.34. The van der Waals surface area contributed by atoms with Gasteiger partial charge in [0.25, 0.3) is 0 Å². The van der Waals surface area contributed by atoms with E-state index >= 15 is 0 Å². The van der Waals surface area contributed by atoms with Crippen LogP contribution in [0.2, 0.25) is 0 Å². The maximum absolute atomic E-state index is 11.9. The Morgan fingerprint density at radius 1 is 1.05 bits per heavy atom. The molecular formula is C18H20O4. The minimum atomic E-state index is -0.836. The molecule has 2 aromatic carbocycles. The van der Waals surface area contributed by atoms with Gasteiger partial charge in [-0.25, -0.2) is 0 Å². The van der Waals surface area contributed by atoms with E-state index in [1.807, 2.05) is 30.3 Å². The van der Waals surface area contributed by atoms with Crippen molar-refractivity contribution in [3.63, 3.8) is 0 Å². The molecule has 0 aliphatic heterocycles. The predicted molar refractivity (Wildman–Crippen MR) is 83.9 cm³/mol. The zero-order valence-corrected chi connectivity index (χ0v) is 12.3. The SMILES string of the molecule is O=C(CCC(O)CO)c1ccc(OCc2ccccc2)cc1. The summed E-state index contributed by atoms with van der Waals surface area (Å²) in [5, 5.41) is 18.0. The average molecular weight is 300 g/mol. The van der Waals surface area contributed by atoms with Crippen LogP contribution in [0.4, 0.5) is 0 Å². The molecule has 22 heavy (non-hydrogen) atoms. The summed E-state index contributed by atoms with van der Waals surface area (Å²) in [5.74, 6) is 0.651. The van der Waals surface area contributed by atoms with Crippen molar-refractivity contribution in [2.24, 2.45) is 0 Å². The lowest BCUT2D eigenvalue weighted by Gasteiger charge is -2.08. The van der Waals surface area contributed by atoms with E-state index in [1.165, 1.54) is 0 Å². The Bertz CT molecular complexity index is 578. The molecule has 4 nitrogen and oxygen atoms in total. The van der Waals surface area contributed by atoms with Crippen molar-refractivity contribution in [1.29, 1.82) is 0 Å². The van der Waals surface area contributed by atoms with E-state index in [9.17, 15) is 9.90 Å². The summed E-state index contributed by atoms with van der Waals surface area (Å²) < 4.78 is 5.66. The third kappa shape index (κ3) is 4.98. The van der Waals surface area contributed by atoms with E-state index < -0.39 is 6.10 Å². The highest BCUT2D eigenvalue weighted by molar-refractivity contribution is 5.96. The van der Waals surface area contributed by atoms with Gasteiger partial charge in [-0.05, 0) is 36.2 Å². The van der Waals surface area contributed by atoms with Crippen LogP contribution in [-0.2, 0) is 6.61 Å². The Morgan fingerprint density at radius 3 is 2.36 bits per heavy atom. The number of carbonyl (C=O) groups excluding carboxylic acids is 1. The lowest BCUT2D eigenvalue weighted by atomic mass is 10.0. The molecule has 0 aliphatic rings. The van der Waals surface area contributed by atoms with Gasteiger partial charge in [0.15, 0.2) is 5.78 Å². The van der Waals surface area contributed by atoms with Crippen molar-refractivity contribution in [2.75, 3.05) is 6.61 Å². The Balaban J connectivity index is 1.86. The average Bonchev–Trinajstić information content (AvgIpc) is 2.59. The second-order valence-electron chi connectivity index (χ2n) is 5.10. The van der Waals surface area contributed by atoms with Crippen LogP contribution in [0, 0.1) is 0 Å². The van der Waals surface area contributed by atoms with Crippen LogP contribution < -0.4 is 4.74 Å². The zero-order valence-electron chi connectivity index (χ0n) is 12.3. The maximum Gasteiger partial charge on any atom is 0.162 e. The number of hydrogen-bond acceptors (Lipinski definition) is 4. The van der Waals surface area contributed by atoms with Crippen LogP contribution >= 0.6 is 0 Å². The van der Waals surface area contributed by atoms with Crippen molar-refractivity contribution < 1.29 is 19.7 Å². The van der Waals surface area contributed by atoms with Crippen LogP contribution in [0.5, 0.6) is 5.75 Å². The van der Waals surface area contributed by atoms with E-state index in [-0.39, 0.29) is 25.2 Å². The lowest BCUT2D eigenvalue weighted by molar-refractivity contribution is 0.0779. The standard InChI is InChI=1S/C18H20O4/c19-12-16(20)8-11-18(21)15-6-9-17(10-7-15)22-13-14-4-2-1-3-5-14/h1-7,9-10,16,19-20H,8,11-13H2. The lowest BCUT2D eigenvalue weighted by Crippen LogP contribution is -2.13. The van der Waals surface area contributed by atoms with Crippen molar-refractivity contribution in [3.05, 3.63) is 65.7 Å². The van der Waals surface area contributed by atoms with Gasteiger partial charge in [0, 0.05) is 12.0 Å². The van der Waals surface area contributed by atoms with Gasteiger partial charge in [-0.2, -0.15) is 0 Å². The molecule has 0 radical (unpaired) electrons. The van der Waals surface area contributed by atoms with Gasteiger partial charge in [0.2, 0.25) is 0 Å². The number of aliphatic hydroxyl groups is 2. The molecule has 1 atom stereocenters. The molecule has 2 aromatic rings. The number of Topliss-reactive ketones (excluding diaryl/α,β-unsaturated/α-hetero) is 1. The fourth-order valence-corrected chi connectivity index (χ4v) is 2.01. The fraction of sp³-hybridized carbons (Fsp3) is 0.278. The van der Waals surface area contributed by atoms with Crippen LogP contribution in [-0.4, -0.2) is 28.7 Å². The van der Waals surface area contributed by atoms with Crippen molar-refractivity contribution in [3.8, 4) is 5.75 Å². The topological polar surface area (TPSA) is 66.8 Å². The largest absolute Gasteiger partial charge is 0.489 e. The van der Waals surface area contributed by atoms with Gasteiger partial charge < -0.3 is 14.9 Å². The first kappa shape index (κ1) is 16.2. The molecule has 1 unspecified atom stereocenters. The van der Waals surface area contributed by atoms with Crippen LogP contribution in [0.3, 0.4) is 0 Å². The van der Waals surface area contributed by atoms with Gasteiger partial charge in [-0.15, -0.1) is 0 Å². The number of aliphatic hydroxyl groups excluding tert-OH is 2. The zero-order chi connectivity index (χ0) is 15.8. The Labute approximate surface area is 130 Å². The number of ketones is 1. The van der Waals surface area contributed by atoms with Crippen LogP contribution in [0.15, 0.2) is 54.6 Å². The minimum absolute atomic E-state index is 0.0536. The summed E-state index contributed by atoms with van der Waals surface area (Å²) >= 11 is 0. The van der Waals surface area contributed by atoms with E-state index in [0.717, 1.165) is 5.56 Å². The maximum atomic E-state index is 11.9. The van der Waals surface area contributed by atoms with Gasteiger partial charge in [-0.3, -0.25) is 4.79 Å². The highest BCUT2D eigenvalue weighted by Gasteiger charge is 2.09. The van der Waals surface area contributed by atoms with Gasteiger partial charge in [0.05, 0.1) is 12.7 Å². The molecule has 0 amide bonds. The molecular weight excluding hydrogens is 280 g/mol. The second-order valence-corrected chi connectivity index (χ2v) is 5.10. The van der Waals surface area contributed by atoms with Crippen molar-refractivity contribution >= 4 is 5.78 Å². The van der Waals surface area contributed by atoms with Gasteiger partial charge in [-0.1, -0.05) is 30.3 Å². The Kier molecular flexibility index (Phi) is 6.13. The smallest absolute Gasteiger partial charge is 0.162 e. The number of rotatable bonds is 8. The van der Waals surface area contributed by atoms with Crippen LogP contribution in [0.1, 0.15) is 28.8 Å². The highest BCUT2D eigenvalue weighted by atomic mass is 16.5. The monoisotopic (exact) mass is 300 g/mol. The van der Waals surface area contributed by atoms with E-state index in [4.69, 9.17) is 9.84 Å².